The standard InChI is InChI=1S/C20H27N3O/c1-3-4-8-21-20(24)14-9-16-15-6-5-7-17-19(15)13(11-22-17)10-18(16)23(2)12-14/h5-7,11,14,16,18,22H,3-4,8-10,12H2,1-2H3,(H,21,24)/t14?,16?,18-/m1/s1. The van der Waals surface area contributed by atoms with Crippen molar-refractivity contribution in [1.82, 2.24) is 15.2 Å². The second kappa shape index (κ2) is 6.25. The molecule has 1 amide bonds. The summed E-state index contributed by atoms with van der Waals surface area (Å²) in [6, 6.07) is 7.08. The van der Waals surface area contributed by atoms with E-state index in [2.05, 4.69) is 53.6 Å². The first kappa shape index (κ1) is 15.7. The number of unbranched alkanes of at least 4 members (excludes halogenated alkanes) is 1. The summed E-state index contributed by atoms with van der Waals surface area (Å²) in [4.78, 5) is 18.4. The van der Waals surface area contributed by atoms with Crippen LogP contribution in [0.5, 0.6) is 0 Å². The van der Waals surface area contributed by atoms with Crippen LogP contribution >= 0.6 is 0 Å². The summed E-state index contributed by atoms with van der Waals surface area (Å²) in [5.74, 6) is 0.794. The Hall–Kier alpha value is -1.81. The molecule has 2 heterocycles. The zero-order valence-corrected chi connectivity index (χ0v) is 14.6. The predicted molar refractivity (Wildman–Crippen MR) is 97.2 cm³/mol. The lowest BCUT2D eigenvalue weighted by molar-refractivity contribution is -0.127. The van der Waals surface area contributed by atoms with Gasteiger partial charge in [0.05, 0.1) is 5.92 Å². The second-order valence-corrected chi connectivity index (χ2v) is 7.48. The molecule has 2 N–H and O–H groups in total. The fourth-order valence-electron chi connectivity index (χ4n) is 4.66. The minimum Gasteiger partial charge on any atom is -0.361 e. The van der Waals surface area contributed by atoms with E-state index in [1.54, 1.807) is 0 Å². The third-order valence-corrected chi connectivity index (χ3v) is 5.93. The molecule has 128 valence electrons. The molecule has 1 fully saturated rings. The highest BCUT2D eigenvalue weighted by Gasteiger charge is 2.41. The summed E-state index contributed by atoms with van der Waals surface area (Å²) in [6.07, 6.45) is 6.40. The maximum Gasteiger partial charge on any atom is 0.224 e. The Bertz CT molecular complexity index is 750. The summed E-state index contributed by atoms with van der Waals surface area (Å²) in [5.41, 5.74) is 4.09. The Morgan fingerprint density at radius 3 is 3.12 bits per heavy atom. The van der Waals surface area contributed by atoms with E-state index >= 15 is 0 Å². The van der Waals surface area contributed by atoms with Crippen molar-refractivity contribution in [2.75, 3.05) is 20.1 Å². The Morgan fingerprint density at radius 2 is 2.29 bits per heavy atom. The van der Waals surface area contributed by atoms with Crippen molar-refractivity contribution in [2.45, 2.75) is 44.6 Å². The molecule has 2 unspecified atom stereocenters. The highest BCUT2D eigenvalue weighted by molar-refractivity contribution is 5.88. The number of nitrogens with one attached hydrogen (secondary N) is 2. The van der Waals surface area contributed by atoms with Crippen LogP contribution in [-0.4, -0.2) is 42.0 Å². The number of likely N-dealkylation sites (tertiary alicyclic amines) is 1. The van der Waals surface area contributed by atoms with E-state index in [4.69, 9.17) is 0 Å². The van der Waals surface area contributed by atoms with Crippen molar-refractivity contribution in [3.63, 3.8) is 0 Å². The fourth-order valence-corrected chi connectivity index (χ4v) is 4.66. The number of hydrogen-bond acceptors (Lipinski definition) is 2. The van der Waals surface area contributed by atoms with E-state index in [0.717, 1.165) is 38.8 Å². The number of H-pyrrole nitrogens is 1. The maximum atomic E-state index is 12.6. The molecule has 1 aliphatic heterocycles. The summed E-state index contributed by atoms with van der Waals surface area (Å²) in [6.45, 7) is 3.83. The number of likely N-dealkylation sites (N-methyl/N-ethyl adjacent to an activating group) is 1. The van der Waals surface area contributed by atoms with E-state index in [1.807, 2.05) is 0 Å². The van der Waals surface area contributed by atoms with Gasteiger partial charge in [-0.1, -0.05) is 25.5 Å². The largest absolute Gasteiger partial charge is 0.361 e. The van der Waals surface area contributed by atoms with Gasteiger partial charge in [-0.05, 0) is 43.5 Å². The zero-order valence-electron chi connectivity index (χ0n) is 14.6. The molecule has 1 saturated heterocycles. The minimum absolute atomic E-state index is 0.101. The SMILES string of the molecule is CCCCNC(=O)C1CC2c3cccc4[nH]cc(c34)C[C@H]2N(C)C1. The molecule has 24 heavy (non-hydrogen) atoms. The van der Waals surface area contributed by atoms with Crippen molar-refractivity contribution in [2.24, 2.45) is 5.92 Å². The van der Waals surface area contributed by atoms with Gasteiger partial charge in [0.15, 0.2) is 0 Å². The molecule has 4 heteroatoms. The van der Waals surface area contributed by atoms with E-state index in [-0.39, 0.29) is 11.8 Å². The summed E-state index contributed by atoms with van der Waals surface area (Å²) in [5, 5.41) is 4.54. The molecule has 0 bridgehead atoms. The van der Waals surface area contributed by atoms with Crippen LogP contribution in [0.1, 0.15) is 43.2 Å². The smallest absolute Gasteiger partial charge is 0.224 e. The molecule has 1 aliphatic carbocycles. The number of carbonyl (C=O) groups is 1. The quantitative estimate of drug-likeness (QED) is 0.849. The average molecular weight is 325 g/mol. The molecule has 2 aliphatic rings. The van der Waals surface area contributed by atoms with Gasteiger partial charge in [-0.3, -0.25) is 4.79 Å². The first-order valence-electron chi connectivity index (χ1n) is 9.26. The summed E-state index contributed by atoms with van der Waals surface area (Å²) in [7, 11) is 2.18. The Labute approximate surface area is 143 Å². The summed E-state index contributed by atoms with van der Waals surface area (Å²) >= 11 is 0. The van der Waals surface area contributed by atoms with Crippen molar-refractivity contribution in [3.8, 4) is 0 Å². The molecular formula is C20H27N3O. The van der Waals surface area contributed by atoms with Gasteiger partial charge in [0.1, 0.15) is 0 Å². The lowest BCUT2D eigenvalue weighted by atomic mass is 9.72. The van der Waals surface area contributed by atoms with E-state index < -0.39 is 0 Å². The summed E-state index contributed by atoms with van der Waals surface area (Å²) < 4.78 is 0. The molecule has 3 atom stereocenters. The van der Waals surface area contributed by atoms with Crippen LogP contribution in [0.25, 0.3) is 10.9 Å². The van der Waals surface area contributed by atoms with Gasteiger partial charge in [-0.25, -0.2) is 0 Å². The van der Waals surface area contributed by atoms with E-state index in [0.29, 0.717) is 12.0 Å². The van der Waals surface area contributed by atoms with E-state index in [9.17, 15) is 4.79 Å². The lowest BCUT2D eigenvalue weighted by Crippen LogP contribution is -2.51. The zero-order chi connectivity index (χ0) is 16.7. The van der Waals surface area contributed by atoms with Crippen LogP contribution in [0, 0.1) is 5.92 Å². The maximum absolute atomic E-state index is 12.6. The number of aromatic amines is 1. The highest BCUT2D eigenvalue weighted by atomic mass is 16.1. The molecule has 0 saturated carbocycles. The molecule has 0 radical (unpaired) electrons. The van der Waals surface area contributed by atoms with Crippen LogP contribution in [0.2, 0.25) is 0 Å². The van der Waals surface area contributed by atoms with Crippen molar-refractivity contribution in [3.05, 3.63) is 35.5 Å². The van der Waals surface area contributed by atoms with Crippen LogP contribution in [0.3, 0.4) is 0 Å². The van der Waals surface area contributed by atoms with Crippen LogP contribution in [-0.2, 0) is 11.2 Å². The number of amides is 1. The Kier molecular flexibility index (Phi) is 4.09. The first-order valence-corrected chi connectivity index (χ1v) is 9.26. The fraction of sp³-hybridized carbons (Fsp3) is 0.550. The molecular weight excluding hydrogens is 298 g/mol. The van der Waals surface area contributed by atoms with Gasteiger partial charge in [-0.15, -0.1) is 0 Å². The Balaban J connectivity index is 1.60. The lowest BCUT2D eigenvalue weighted by Gasteiger charge is -2.45. The number of nitrogens with zero attached hydrogens (tertiary/aromatic N) is 1. The van der Waals surface area contributed by atoms with Gasteiger partial charge < -0.3 is 15.2 Å². The second-order valence-electron chi connectivity index (χ2n) is 7.48. The van der Waals surface area contributed by atoms with E-state index in [1.165, 1.54) is 22.0 Å². The monoisotopic (exact) mass is 325 g/mol. The number of piperidine rings is 1. The average Bonchev–Trinajstić information content (AvgIpc) is 3.00. The van der Waals surface area contributed by atoms with Gasteiger partial charge in [0.25, 0.3) is 0 Å². The number of aromatic nitrogens is 1. The third kappa shape index (κ3) is 2.53. The van der Waals surface area contributed by atoms with Crippen LogP contribution in [0.15, 0.2) is 24.4 Å². The van der Waals surface area contributed by atoms with Crippen molar-refractivity contribution in [1.29, 1.82) is 0 Å². The molecule has 1 aromatic heterocycles. The van der Waals surface area contributed by atoms with Gasteiger partial charge >= 0.3 is 0 Å². The number of rotatable bonds is 4. The molecule has 2 aromatic rings. The predicted octanol–water partition coefficient (Wildman–Crippen LogP) is 3.04. The number of hydrogen-bond donors (Lipinski definition) is 2. The first-order chi connectivity index (χ1) is 11.7. The number of carbonyl (C=O) groups excluding carboxylic acids is 1. The highest BCUT2D eigenvalue weighted by Crippen LogP contribution is 2.44. The van der Waals surface area contributed by atoms with Gasteiger partial charge in [-0.2, -0.15) is 0 Å². The third-order valence-electron chi connectivity index (χ3n) is 5.93. The van der Waals surface area contributed by atoms with Crippen molar-refractivity contribution < 1.29 is 4.79 Å². The number of benzene rings is 1. The molecule has 4 nitrogen and oxygen atoms in total. The normalized spacial score (nSPS) is 26.3. The minimum atomic E-state index is 0.101. The molecule has 1 aromatic carbocycles. The molecule has 4 rings (SSSR count). The van der Waals surface area contributed by atoms with Crippen LogP contribution < -0.4 is 5.32 Å². The molecule has 0 spiro atoms. The topological polar surface area (TPSA) is 48.1 Å². The van der Waals surface area contributed by atoms with Crippen molar-refractivity contribution >= 4 is 16.8 Å². The van der Waals surface area contributed by atoms with Gasteiger partial charge in [0, 0.05) is 42.1 Å². The van der Waals surface area contributed by atoms with Gasteiger partial charge in [0.2, 0.25) is 5.91 Å². The Morgan fingerprint density at radius 1 is 1.42 bits per heavy atom. The number of fused-ring (bicyclic) bond motifs is 2. The van der Waals surface area contributed by atoms with Crippen LogP contribution in [0.4, 0.5) is 0 Å².